The van der Waals surface area contributed by atoms with Gasteiger partial charge in [0.2, 0.25) is 0 Å². The van der Waals surface area contributed by atoms with Crippen molar-refractivity contribution in [2.45, 2.75) is 18.6 Å². The van der Waals surface area contributed by atoms with E-state index in [0.29, 0.717) is 16.9 Å². The number of carbonyl (C=O) groups excluding carboxylic acids is 1. The first-order valence-corrected chi connectivity index (χ1v) is 7.35. The van der Waals surface area contributed by atoms with Crippen LogP contribution in [-0.4, -0.2) is 11.4 Å². The number of anilines is 2. The molecule has 1 heterocycles. The smallest absolute Gasteiger partial charge is 0.356 e. The van der Waals surface area contributed by atoms with Gasteiger partial charge in [-0.25, -0.2) is 0 Å². The molecule has 1 amide bonds. The first-order chi connectivity index (χ1) is 10.8. The number of carbonyl (C=O) groups is 1. The molecule has 0 aliphatic carbocycles. The molecule has 3 nitrogen and oxygen atoms in total. The van der Waals surface area contributed by atoms with Gasteiger partial charge in [0.1, 0.15) is 0 Å². The normalized spacial score (nSPS) is 17.7. The van der Waals surface area contributed by atoms with Crippen LogP contribution >= 0.6 is 12.6 Å². The maximum Gasteiger partial charge on any atom is 0.416 e. The highest BCUT2D eigenvalue weighted by Crippen LogP contribution is 2.34. The van der Waals surface area contributed by atoms with Gasteiger partial charge in [0, 0.05) is 11.4 Å². The Morgan fingerprint density at radius 1 is 1.13 bits per heavy atom. The predicted molar refractivity (Wildman–Crippen MR) is 85.8 cm³/mol. The molecule has 0 fully saturated rings. The zero-order valence-electron chi connectivity index (χ0n) is 12.1. The number of nitrogens with one attached hydrogen (secondary N) is 1. The second-order valence-corrected chi connectivity index (χ2v) is 5.78. The Kier molecular flexibility index (Phi) is 3.75. The Hall–Kier alpha value is -2.15. The minimum absolute atomic E-state index is 0.307. The van der Waals surface area contributed by atoms with Crippen molar-refractivity contribution in [2.75, 3.05) is 10.2 Å². The molecule has 0 bridgehead atoms. The summed E-state index contributed by atoms with van der Waals surface area (Å²) in [5, 5.41) is 3.07. The molecule has 23 heavy (non-hydrogen) atoms. The fraction of sp³-hybridized carbons (Fsp3) is 0.188. The summed E-state index contributed by atoms with van der Waals surface area (Å²) in [6.45, 7) is 1.90. The summed E-state index contributed by atoms with van der Waals surface area (Å²) in [5.74, 6) is -0.307. The van der Waals surface area contributed by atoms with Crippen molar-refractivity contribution < 1.29 is 18.0 Å². The SMILES string of the molecule is Cc1ccc2c(c1)NC(S)N(c1ccc(C(F)(F)F)cc1)C2=O. The van der Waals surface area contributed by atoms with Gasteiger partial charge in [0.15, 0.2) is 5.50 Å². The Morgan fingerprint density at radius 3 is 2.39 bits per heavy atom. The first kappa shape index (κ1) is 15.7. The largest absolute Gasteiger partial charge is 0.416 e. The van der Waals surface area contributed by atoms with Crippen molar-refractivity contribution in [3.8, 4) is 0 Å². The fourth-order valence-electron chi connectivity index (χ4n) is 2.48. The number of fused-ring (bicyclic) bond motifs is 1. The van der Waals surface area contributed by atoms with Gasteiger partial charge in [-0.1, -0.05) is 6.07 Å². The summed E-state index contributed by atoms with van der Waals surface area (Å²) in [6.07, 6.45) is -4.41. The van der Waals surface area contributed by atoms with E-state index < -0.39 is 17.2 Å². The molecule has 1 aliphatic heterocycles. The highest BCUT2D eigenvalue weighted by Gasteiger charge is 2.33. The summed E-state index contributed by atoms with van der Waals surface area (Å²) in [7, 11) is 0. The molecule has 3 rings (SSSR count). The summed E-state index contributed by atoms with van der Waals surface area (Å²) in [4.78, 5) is 14.0. The van der Waals surface area contributed by atoms with Crippen molar-refractivity contribution in [1.82, 2.24) is 0 Å². The van der Waals surface area contributed by atoms with E-state index in [4.69, 9.17) is 0 Å². The minimum atomic E-state index is -4.41. The summed E-state index contributed by atoms with van der Waals surface area (Å²) in [5.41, 5.74) is 1.05. The van der Waals surface area contributed by atoms with Gasteiger partial charge in [-0.05, 0) is 48.9 Å². The zero-order chi connectivity index (χ0) is 16.8. The number of thiol groups is 1. The molecule has 1 N–H and O–H groups in total. The Labute approximate surface area is 136 Å². The number of amides is 1. The number of nitrogens with zero attached hydrogens (tertiary/aromatic N) is 1. The third kappa shape index (κ3) is 2.88. The number of benzene rings is 2. The molecule has 0 radical (unpaired) electrons. The number of halogens is 3. The van der Waals surface area contributed by atoms with Crippen LogP contribution in [0.3, 0.4) is 0 Å². The van der Waals surface area contributed by atoms with Crippen molar-refractivity contribution in [1.29, 1.82) is 0 Å². The lowest BCUT2D eigenvalue weighted by molar-refractivity contribution is -0.137. The molecule has 1 atom stereocenters. The third-order valence-corrected chi connectivity index (χ3v) is 3.99. The molecule has 1 unspecified atom stereocenters. The Bertz CT molecular complexity index is 759. The van der Waals surface area contributed by atoms with Crippen molar-refractivity contribution in [3.05, 3.63) is 59.2 Å². The average molecular weight is 338 g/mol. The minimum Gasteiger partial charge on any atom is -0.356 e. The molecule has 120 valence electrons. The van der Waals surface area contributed by atoms with Crippen LogP contribution in [0.2, 0.25) is 0 Å². The summed E-state index contributed by atoms with van der Waals surface area (Å²) >= 11 is 4.34. The fourth-order valence-corrected chi connectivity index (χ4v) is 2.86. The molecule has 0 saturated carbocycles. The highest BCUT2D eigenvalue weighted by molar-refractivity contribution is 7.81. The van der Waals surface area contributed by atoms with Crippen LogP contribution in [0.15, 0.2) is 42.5 Å². The van der Waals surface area contributed by atoms with Gasteiger partial charge in [0.25, 0.3) is 5.91 Å². The van der Waals surface area contributed by atoms with Crippen LogP contribution in [0.4, 0.5) is 24.5 Å². The van der Waals surface area contributed by atoms with Crippen LogP contribution in [0.25, 0.3) is 0 Å². The third-order valence-electron chi connectivity index (χ3n) is 3.63. The van der Waals surface area contributed by atoms with E-state index in [1.807, 2.05) is 19.1 Å². The van der Waals surface area contributed by atoms with E-state index in [9.17, 15) is 18.0 Å². The topological polar surface area (TPSA) is 32.3 Å². The summed E-state index contributed by atoms with van der Waals surface area (Å²) < 4.78 is 37.9. The van der Waals surface area contributed by atoms with Crippen LogP contribution in [0.1, 0.15) is 21.5 Å². The quantitative estimate of drug-likeness (QED) is 0.760. The molecule has 2 aromatic carbocycles. The molecule has 2 aromatic rings. The van der Waals surface area contributed by atoms with Gasteiger partial charge in [-0.2, -0.15) is 13.2 Å². The second kappa shape index (κ2) is 5.49. The van der Waals surface area contributed by atoms with Gasteiger partial charge < -0.3 is 5.32 Å². The van der Waals surface area contributed by atoms with Crippen molar-refractivity contribution in [3.63, 3.8) is 0 Å². The van der Waals surface area contributed by atoms with Crippen LogP contribution in [0.5, 0.6) is 0 Å². The van der Waals surface area contributed by atoms with Gasteiger partial charge in [-0.3, -0.25) is 9.69 Å². The van der Waals surface area contributed by atoms with Gasteiger partial charge in [0.05, 0.1) is 11.1 Å². The van der Waals surface area contributed by atoms with Gasteiger partial charge >= 0.3 is 6.18 Å². The van der Waals surface area contributed by atoms with Crippen molar-refractivity contribution in [2.24, 2.45) is 0 Å². The number of hydrogen-bond donors (Lipinski definition) is 2. The standard InChI is InChI=1S/C16H13F3N2OS/c1-9-2-7-12-13(8-9)20-15(23)21(14(12)22)11-5-3-10(4-6-11)16(17,18)19/h2-8,15,20,23H,1H3. The molecule has 0 saturated heterocycles. The van der Waals surface area contributed by atoms with E-state index in [-0.39, 0.29) is 5.91 Å². The number of aryl methyl sites for hydroxylation is 1. The number of hydrogen-bond acceptors (Lipinski definition) is 3. The Balaban J connectivity index is 1.97. The Morgan fingerprint density at radius 2 is 1.78 bits per heavy atom. The molecular formula is C16H13F3N2OS. The molecule has 0 spiro atoms. The van der Waals surface area contributed by atoms with Crippen LogP contribution < -0.4 is 10.2 Å². The second-order valence-electron chi connectivity index (χ2n) is 5.29. The number of alkyl halides is 3. The lowest BCUT2D eigenvalue weighted by Crippen LogP contribution is -2.46. The zero-order valence-corrected chi connectivity index (χ0v) is 12.9. The lowest BCUT2D eigenvalue weighted by Gasteiger charge is -2.35. The summed E-state index contributed by atoms with van der Waals surface area (Å²) in [6, 6.07) is 9.77. The van der Waals surface area contributed by atoms with E-state index in [2.05, 4.69) is 17.9 Å². The maximum absolute atomic E-state index is 12.6. The monoisotopic (exact) mass is 338 g/mol. The van der Waals surface area contributed by atoms with E-state index in [0.717, 1.165) is 17.7 Å². The van der Waals surface area contributed by atoms with Crippen molar-refractivity contribution >= 4 is 29.9 Å². The lowest BCUT2D eigenvalue weighted by atomic mass is 10.1. The molecular weight excluding hydrogens is 325 g/mol. The average Bonchev–Trinajstić information content (AvgIpc) is 2.46. The molecule has 7 heteroatoms. The number of rotatable bonds is 1. The predicted octanol–water partition coefficient (Wildman–Crippen LogP) is 4.30. The van der Waals surface area contributed by atoms with E-state index in [1.54, 1.807) is 6.07 Å². The van der Waals surface area contributed by atoms with Gasteiger partial charge in [-0.15, -0.1) is 12.6 Å². The van der Waals surface area contributed by atoms with E-state index in [1.165, 1.54) is 17.0 Å². The first-order valence-electron chi connectivity index (χ1n) is 6.83. The highest BCUT2D eigenvalue weighted by atomic mass is 32.1. The molecule has 0 aromatic heterocycles. The molecule has 1 aliphatic rings. The van der Waals surface area contributed by atoms with Crippen LogP contribution in [0, 0.1) is 6.92 Å². The van der Waals surface area contributed by atoms with E-state index >= 15 is 0 Å². The maximum atomic E-state index is 12.6. The van der Waals surface area contributed by atoms with Crippen LogP contribution in [-0.2, 0) is 6.18 Å².